The van der Waals surface area contributed by atoms with Gasteiger partial charge in [-0.1, -0.05) is 37.3 Å². The van der Waals surface area contributed by atoms with Crippen molar-refractivity contribution in [2.24, 2.45) is 0 Å². The van der Waals surface area contributed by atoms with Crippen LogP contribution >= 0.6 is 11.3 Å². The molecule has 0 amide bonds. The van der Waals surface area contributed by atoms with E-state index in [2.05, 4.69) is 13.0 Å². The molecule has 0 saturated carbocycles. The summed E-state index contributed by atoms with van der Waals surface area (Å²) in [6, 6.07) is 17.9. The molecule has 0 saturated heterocycles. The Bertz CT molecular complexity index is 773. The third-order valence-corrected chi connectivity index (χ3v) is 4.65. The number of benzene rings is 2. The largest absolute Gasteiger partial charge is 0.485 e. The molecule has 3 heteroatoms. The smallest absolute Gasteiger partial charge is 0.210 e. The summed E-state index contributed by atoms with van der Waals surface area (Å²) in [7, 11) is 0. The van der Waals surface area contributed by atoms with Crippen molar-refractivity contribution in [2.45, 2.75) is 13.3 Å². The lowest BCUT2D eigenvalue weighted by atomic mass is 10.1. The first-order chi connectivity index (χ1) is 10.3. The minimum Gasteiger partial charge on any atom is -0.485 e. The molecule has 3 aromatic rings. The van der Waals surface area contributed by atoms with Crippen LogP contribution in [0.3, 0.4) is 0 Å². The maximum Gasteiger partial charge on any atom is 0.210 e. The van der Waals surface area contributed by atoms with Crippen LogP contribution in [0.4, 0.5) is 0 Å². The van der Waals surface area contributed by atoms with Crippen LogP contribution in [0.2, 0.25) is 0 Å². The van der Waals surface area contributed by atoms with E-state index in [0.717, 1.165) is 22.4 Å². The van der Waals surface area contributed by atoms with E-state index in [1.165, 1.54) is 10.3 Å². The summed E-state index contributed by atoms with van der Waals surface area (Å²) in [4.78, 5) is 14.1. The van der Waals surface area contributed by atoms with Crippen molar-refractivity contribution in [3.63, 3.8) is 0 Å². The number of carbonyl (C=O) groups excluding carboxylic acids is 1. The fraction of sp³-hybridized carbons (Fsp3) is 0.167. The summed E-state index contributed by atoms with van der Waals surface area (Å²) in [6.07, 6.45) is 0.962. The Hall–Kier alpha value is -2.13. The number of Topliss-reactive ketones (excluding diaryl/α,β-unsaturated/α-hetero) is 1. The zero-order valence-corrected chi connectivity index (χ0v) is 12.7. The highest BCUT2D eigenvalue weighted by Gasteiger charge is 2.10. The molecule has 0 spiro atoms. The monoisotopic (exact) mass is 296 g/mol. The first kappa shape index (κ1) is 13.8. The van der Waals surface area contributed by atoms with Gasteiger partial charge in [-0.15, -0.1) is 11.3 Å². The third kappa shape index (κ3) is 3.14. The van der Waals surface area contributed by atoms with E-state index >= 15 is 0 Å². The highest BCUT2D eigenvalue weighted by Crippen LogP contribution is 2.22. The van der Waals surface area contributed by atoms with Crippen LogP contribution in [-0.4, -0.2) is 12.4 Å². The summed E-state index contributed by atoms with van der Waals surface area (Å²) in [5, 5.41) is 2.29. The first-order valence-electron chi connectivity index (χ1n) is 7.00. The van der Waals surface area contributed by atoms with Gasteiger partial charge in [0.15, 0.2) is 6.61 Å². The average molecular weight is 296 g/mol. The lowest BCUT2D eigenvalue weighted by Crippen LogP contribution is -2.09. The van der Waals surface area contributed by atoms with Crippen molar-refractivity contribution in [3.05, 3.63) is 64.4 Å². The molecule has 0 atom stereocenters. The van der Waals surface area contributed by atoms with Gasteiger partial charge in [-0.2, -0.15) is 0 Å². The highest BCUT2D eigenvalue weighted by molar-refractivity contribution is 7.14. The number of hydrogen-bond acceptors (Lipinski definition) is 3. The van der Waals surface area contributed by atoms with Gasteiger partial charge in [-0.25, -0.2) is 0 Å². The SMILES string of the molecule is CCc1ccc(C(=O)COc2ccc3ccccc3c2)s1. The minimum absolute atomic E-state index is 0.0351. The summed E-state index contributed by atoms with van der Waals surface area (Å²) in [5.74, 6) is 0.766. The standard InChI is InChI=1S/C18H16O2S/c1-2-16-9-10-18(21-16)17(19)12-20-15-8-7-13-5-3-4-6-14(13)11-15/h3-11H,2,12H2,1H3. The Labute approximate surface area is 128 Å². The van der Waals surface area contributed by atoms with E-state index in [1.807, 2.05) is 48.5 Å². The Balaban J connectivity index is 1.69. The summed E-state index contributed by atoms with van der Waals surface area (Å²) in [6.45, 7) is 2.17. The van der Waals surface area contributed by atoms with Crippen molar-refractivity contribution in [1.82, 2.24) is 0 Å². The van der Waals surface area contributed by atoms with Gasteiger partial charge in [0, 0.05) is 4.88 Å². The minimum atomic E-state index is 0.0351. The zero-order valence-electron chi connectivity index (χ0n) is 11.8. The Morgan fingerprint density at radius 1 is 1.05 bits per heavy atom. The Morgan fingerprint density at radius 2 is 1.86 bits per heavy atom. The predicted molar refractivity (Wildman–Crippen MR) is 87.5 cm³/mol. The molecule has 0 fully saturated rings. The van der Waals surface area contributed by atoms with E-state index in [4.69, 9.17) is 4.74 Å². The summed E-state index contributed by atoms with van der Waals surface area (Å²) in [5.41, 5.74) is 0. The van der Waals surface area contributed by atoms with E-state index in [-0.39, 0.29) is 12.4 Å². The molecule has 0 radical (unpaired) electrons. The van der Waals surface area contributed by atoms with Crippen LogP contribution in [0.5, 0.6) is 5.75 Å². The number of hydrogen-bond donors (Lipinski definition) is 0. The van der Waals surface area contributed by atoms with Crippen molar-refractivity contribution in [2.75, 3.05) is 6.61 Å². The maximum absolute atomic E-state index is 12.1. The van der Waals surface area contributed by atoms with Gasteiger partial charge >= 0.3 is 0 Å². The Morgan fingerprint density at radius 3 is 2.62 bits per heavy atom. The van der Waals surface area contributed by atoms with E-state index in [1.54, 1.807) is 11.3 Å². The molecule has 2 nitrogen and oxygen atoms in total. The van der Waals surface area contributed by atoms with E-state index in [0.29, 0.717) is 0 Å². The molecule has 0 N–H and O–H groups in total. The third-order valence-electron chi connectivity index (χ3n) is 3.38. The second-order valence-corrected chi connectivity index (χ2v) is 6.01. The number of carbonyl (C=O) groups is 1. The normalized spacial score (nSPS) is 10.7. The van der Waals surface area contributed by atoms with Gasteiger partial charge in [0.1, 0.15) is 5.75 Å². The van der Waals surface area contributed by atoms with Crippen LogP contribution < -0.4 is 4.74 Å². The number of thiophene rings is 1. The zero-order chi connectivity index (χ0) is 14.7. The molecular weight excluding hydrogens is 280 g/mol. The molecule has 0 aliphatic heterocycles. The fourth-order valence-electron chi connectivity index (χ4n) is 2.19. The highest BCUT2D eigenvalue weighted by atomic mass is 32.1. The molecule has 1 aromatic heterocycles. The molecule has 0 aliphatic rings. The molecular formula is C18H16O2S. The van der Waals surface area contributed by atoms with Gasteiger partial charge < -0.3 is 4.74 Å². The number of ether oxygens (including phenoxy) is 1. The number of rotatable bonds is 5. The lowest BCUT2D eigenvalue weighted by Gasteiger charge is -2.06. The van der Waals surface area contributed by atoms with Gasteiger partial charge in [0.2, 0.25) is 5.78 Å². The van der Waals surface area contributed by atoms with Crippen LogP contribution in [0, 0.1) is 0 Å². The summed E-state index contributed by atoms with van der Waals surface area (Å²) >= 11 is 1.55. The molecule has 21 heavy (non-hydrogen) atoms. The van der Waals surface area contributed by atoms with E-state index < -0.39 is 0 Å². The van der Waals surface area contributed by atoms with Crippen LogP contribution in [0.15, 0.2) is 54.6 Å². The quantitative estimate of drug-likeness (QED) is 0.636. The van der Waals surface area contributed by atoms with Crippen molar-refractivity contribution >= 4 is 27.9 Å². The molecule has 1 heterocycles. The van der Waals surface area contributed by atoms with Crippen LogP contribution in [-0.2, 0) is 6.42 Å². The second-order valence-electron chi connectivity index (χ2n) is 4.84. The van der Waals surface area contributed by atoms with Crippen molar-refractivity contribution in [1.29, 1.82) is 0 Å². The van der Waals surface area contributed by atoms with Gasteiger partial charge in [0.25, 0.3) is 0 Å². The summed E-state index contributed by atoms with van der Waals surface area (Å²) < 4.78 is 5.63. The van der Waals surface area contributed by atoms with Crippen LogP contribution in [0.25, 0.3) is 10.8 Å². The topological polar surface area (TPSA) is 26.3 Å². The lowest BCUT2D eigenvalue weighted by molar-refractivity contribution is 0.0925. The molecule has 0 bridgehead atoms. The first-order valence-corrected chi connectivity index (χ1v) is 7.81. The molecule has 3 rings (SSSR count). The molecule has 106 valence electrons. The number of ketones is 1. The van der Waals surface area contributed by atoms with E-state index in [9.17, 15) is 4.79 Å². The molecule has 2 aromatic carbocycles. The Kier molecular flexibility index (Phi) is 4.02. The number of fused-ring (bicyclic) bond motifs is 1. The predicted octanol–water partition coefficient (Wildman–Crippen LogP) is 4.73. The second kappa shape index (κ2) is 6.10. The fourth-order valence-corrected chi connectivity index (χ4v) is 3.07. The number of aryl methyl sites for hydroxylation is 1. The molecule has 0 aliphatic carbocycles. The average Bonchev–Trinajstić information content (AvgIpc) is 3.01. The van der Waals surface area contributed by atoms with Crippen molar-refractivity contribution in [3.8, 4) is 5.75 Å². The van der Waals surface area contributed by atoms with Gasteiger partial charge in [-0.3, -0.25) is 4.79 Å². The van der Waals surface area contributed by atoms with Gasteiger partial charge in [-0.05, 0) is 41.5 Å². The van der Waals surface area contributed by atoms with Crippen LogP contribution in [0.1, 0.15) is 21.5 Å². The van der Waals surface area contributed by atoms with Gasteiger partial charge in [0.05, 0.1) is 4.88 Å². The molecule has 0 unspecified atom stereocenters. The maximum atomic E-state index is 12.1. The van der Waals surface area contributed by atoms with Crippen molar-refractivity contribution < 1.29 is 9.53 Å².